The Morgan fingerprint density at radius 2 is 2.20 bits per heavy atom. The molecule has 0 radical (unpaired) electrons. The number of nitrogens with one attached hydrogen (secondary N) is 1. The van der Waals surface area contributed by atoms with Crippen LogP contribution in [0.15, 0.2) is 39.9 Å². The Labute approximate surface area is 123 Å². The van der Waals surface area contributed by atoms with Gasteiger partial charge in [-0.2, -0.15) is 11.3 Å². The standard InChI is InChI=1S/C14H16N2O2S2/c1-15-20(17,18)13-2-3-14-12(8-13)4-6-16(14)9-11-5-7-19-10-11/h2-3,5,7-8,10,15H,4,6,9H2,1H3. The minimum Gasteiger partial charge on any atom is -0.367 e. The van der Waals surface area contributed by atoms with Crippen LogP contribution in [0, 0.1) is 0 Å². The van der Waals surface area contributed by atoms with E-state index in [0.717, 1.165) is 30.8 Å². The minimum absolute atomic E-state index is 0.344. The maximum atomic E-state index is 11.8. The number of sulfonamides is 1. The van der Waals surface area contributed by atoms with Crippen molar-refractivity contribution in [3.63, 3.8) is 0 Å². The molecular formula is C14H16N2O2S2. The van der Waals surface area contributed by atoms with Gasteiger partial charge >= 0.3 is 0 Å². The molecule has 106 valence electrons. The molecule has 0 atom stereocenters. The van der Waals surface area contributed by atoms with E-state index in [1.807, 2.05) is 6.07 Å². The Morgan fingerprint density at radius 3 is 2.90 bits per heavy atom. The van der Waals surface area contributed by atoms with Gasteiger partial charge in [0, 0.05) is 18.8 Å². The highest BCUT2D eigenvalue weighted by atomic mass is 32.2. The first-order valence-corrected chi connectivity index (χ1v) is 8.85. The quantitative estimate of drug-likeness (QED) is 0.942. The lowest BCUT2D eigenvalue weighted by molar-refractivity contribution is 0.588. The number of fused-ring (bicyclic) bond motifs is 1. The van der Waals surface area contributed by atoms with Gasteiger partial charge in [-0.15, -0.1) is 0 Å². The molecule has 0 amide bonds. The third-order valence-electron chi connectivity index (χ3n) is 3.58. The molecule has 1 aliphatic heterocycles. The van der Waals surface area contributed by atoms with Crippen LogP contribution in [0.25, 0.3) is 0 Å². The molecule has 1 aromatic carbocycles. The van der Waals surface area contributed by atoms with Crippen LogP contribution in [-0.4, -0.2) is 22.0 Å². The van der Waals surface area contributed by atoms with Crippen molar-refractivity contribution in [2.45, 2.75) is 17.9 Å². The van der Waals surface area contributed by atoms with Crippen LogP contribution in [0.3, 0.4) is 0 Å². The van der Waals surface area contributed by atoms with E-state index in [4.69, 9.17) is 0 Å². The van der Waals surface area contributed by atoms with E-state index in [2.05, 4.69) is 26.4 Å². The summed E-state index contributed by atoms with van der Waals surface area (Å²) in [6.07, 6.45) is 0.895. The first-order valence-electron chi connectivity index (χ1n) is 6.42. The van der Waals surface area contributed by atoms with Crippen LogP contribution in [0.5, 0.6) is 0 Å². The lowest BCUT2D eigenvalue weighted by Gasteiger charge is -2.18. The van der Waals surface area contributed by atoms with Gasteiger partial charge < -0.3 is 4.90 Å². The predicted molar refractivity (Wildman–Crippen MR) is 81.8 cm³/mol. The minimum atomic E-state index is -3.35. The zero-order chi connectivity index (χ0) is 14.2. The second-order valence-corrected chi connectivity index (χ2v) is 7.47. The van der Waals surface area contributed by atoms with Gasteiger partial charge in [-0.05, 0) is 59.6 Å². The number of benzene rings is 1. The fourth-order valence-corrected chi connectivity index (χ4v) is 3.94. The van der Waals surface area contributed by atoms with Crippen molar-refractivity contribution >= 4 is 27.0 Å². The largest absolute Gasteiger partial charge is 0.367 e. The first-order chi connectivity index (χ1) is 9.60. The average molecular weight is 308 g/mol. The molecule has 4 nitrogen and oxygen atoms in total. The Bertz CT molecular complexity index is 709. The second kappa shape index (κ2) is 5.20. The SMILES string of the molecule is CNS(=O)(=O)c1ccc2c(c1)CCN2Cc1ccsc1. The molecule has 0 saturated heterocycles. The van der Waals surface area contributed by atoms with E-state index in [0.29, 0.717) is 4.90 Å². The summed E-state index contributed by atoms with van der Waals surface area (Å²) in [6, 6.07) is 7.51. The highest BCUT2D eigenvalue weighted by molar-refractivity contribution is 7.89. The van der Waals surface area contributed by atoms with Crippen LogP contribution in [0.1, 0.15) is 11.1 Å². The third kappa shape index (κ3) is 2.46. The first kappa shape index (κ1) is 13.6. The average Bonchev–Trinajstić information content (AvgIpc) is 3.09. The van der Waals surface area contributed by atoms with Gasteiger partial charge in [-0.1, -0.05) is 0 Å². The highest BCUT2D eigenvalue weighted by Gasteiger charge is 2.22. The van der Waals surface area contributed by atoms with E-state index in [9.17, 15) is 8.42 Å². The van der Waals surface area contributed by atoms with Gasteiger partial charge in [-0.25, -0.2) is 13.1 Å². The number of hydrogen-bond donors (Lipinski definition) is 1. The van der Waals surface area contributed by atoms with Gasteiger partial charge in [0.1, 0.15) is 0 Å². The van der Waals surface area contributed by atoms with E-state index < -0.39 is 10.0 Å². The summed E-state index contributed by atoms with van der Waals surface area (Å²) in [5.74, 6) is 0. The molecule has 20 heavy (non-hydrogen) atoms. The monoisotopic (exact) mass is 308 g/mol. The third-order valence-corrected chi connectivity index (χ3v) is 5.72. The maximum Gasteiger partial charge on any atom is 0.240 e. The van der Waals surface area contributed by atoms with Gasteiger partial charge in [0.2, 0.25) is 10.0 Å². The molecule has 3 rings (SSSR count). The molecule has 0 saturated carbocycles. The normalized spacial score (nSPS) is 14.6. The van der Waals surface area contributed by atoms with Crippen LogP contribution in [0.2, 0.25) is 0 Å². The zero-order valence-corrected chi connectivity index (χ0v) is 12.8. The van der Waals surface area contributed by atoms with Crippen LogP contribution in [-0.2, 0) is 23.0 Å². The fraction of sp³-hybridized carbons (Fsp3) is 0.286. The topological polar surface area (TPSA) is 49.4 Å². The summed E-state index contributed by atoms with van der Waals surface area (Å²) in [5.41, 5.74) is 3.55. The molecule has 2 aromatic rings. The molecule has 0 fully saturated rings. The van der Waals surface area contributed by atoms with E-state index in [-0.39, 0.29) is 0 Å². The van der Waals surface area contributed by atoms with Crippen molar-refractivity contribution in [3.05, 3.63) is 46.2 Å². The van der Waals surface area contributed by atoms with Gasteiger partial charge in [0.05, 0.1) is 4.90 Å². The van der Waals surface area contributed by atoms with Crippen molar-refractivity contribution in [1.82, 2.24) is 4.72 Å². The Morgan fingerprint density at radius 1 is 1.35 bits per heavy atom. The number of hydrogen-bond acceptors (Lipinski definition) is 4. The Kier molecular flexibility index (Phi) is 3.54. The van der Waals surface area contributed by atoms with E-state index >= 15 is 0 Å². The van der Waals surface area contributed by atoms with Crippen LogP contribution in [0.4, 0.5) is 5.69 Å². The van der Waals surface area contributed by atoms with Crippen molar-refractivity contribution in [2.24, 2.45) is 0 Å². The molecule has 1 aliphatic rings. The molecule has 0 unspecified atom stereocenters. The molecule has 6 heteroatoms. The summed E-state index contributed by atoms with van der Waals surface area (Å²) in [4.78, 5) is 2.64. The van der Waals surface area contributed by atoms with Gasteiger partial charge in [0.15, 0.2) is 0 Å². The number of thiophene rings is 1. The molecule has 0 bridgehead atoms. The predicted octanol–water partition coefficient (Wildman–Crippen LogP) is 2.22. The lowest BCUT2D eigenvalue weighted by Crippen LogP contribution is -2.20. The van der Waals surface area contributed by atoms with Crippen LogP contribution >= 0.6 is 11.3 Å². The lowest BCUT2D eigenvalue weighted by atomic mass is 10.2. The van der Waals surface area contributed by atoms with E-state index in [1.165, 1.54) is 12.6 Å². The summed E-state index contributed by atoms with van der Waals surface area (Å²) in [6.45, 7) is 1.82. The smallest absolute Gasteiger partial charge is 0.240 e. The molecule has 2 heterocycles. The molecular weight excluding hydrogens is 292 g/mol. The number of anilines is 1. The number of rotatable bonds is 4. The Balaban J connectivity index is 1.88. The van der Waals surface area contributed by atoms with Crippen molar-refractivity contribution < 1.29 is 8.42 Å². The summed E-state index contributed by atoms with van der Waals surface area (Å²) in [7, 11) is -1.92. The van der Waals surface area contributed by atoms with Crippen LogP contribution < -0.4 is 9.62 Å². The summed E-state index contributed by atoms with van der Waals surface area (Å²) in [5, 5.41) is 4.23. The maximum absolute atomic E-state index is 11.8. The molecule has 1 aromatic heterocycles. The summed E-state index contributed by atoms with van der Waals surface area (Å²) >= 11 is 1.70. The van der Waals surface area contributed by atoms with Crippen molar-refractivity contribution in [1.29, 1.82) is 0 Å². The van der Waals surface area contributed by atoms with E-state index in [1.54, 1.807) is 23.5 Å². The summed E-state index contributed by atoms with van der Waals surface area (Å²) < 4.78 is 26.0. The Hall–Kier alpha value is -1.37. The second-order valence-electron chi connectivity index (χ2n) is 4.80. The molecule has 0 spiro atoms. The van der Waals surface area contributed by atoms with Gasteiger partial charge in [-0.3, -0.25) is 0 Å². The molecule has 1 N–H and O–H groups in total. The highest BCUT2D eigenvalue weighted by Crippen LogP contribution is 2.31. The van der Waals surface area contributed by atoms with Gasteiger partial charge in [0.25, 0.3) is 0 Å². The number of nitrogens with zero attached hydrogens (tertiary/aromatic N) is 1. The zero-order valence-electron chi connectivity index (χ0n) is 11.2. The van der Waals surface area contributed by atoms with Crippen molar-refractivity contribution in [3.8, 4) is 0 Å². The van der Waals surface area contributed by atoms with Crippen molar-refractivity contribution in [2.75, 3.05) is 18.5 Å². The molecule has 0 aliphatic carbocycles. The fourth-order valence-electron chi connectivity index (χ4n) is 2.50.